The summed E-state index contributed by atoms with van der Waals surface area (Å²) < 4.78 is 2.29. The fraction of sp³-hybridized carbons (Fsp3) is 0.465. The highest BCUT2D eigenvalue weighted by atomic mass is 14.9. The van der Waals surface area contributed by atoms with Crippen LogP contribution in [0.1, 0.15) is 126 Å². The van der Waals surface area contributed by atoms with Gasteiger partial charge >= 0.3 is 0 Å². The third kappa shape index (κ3) is 13.4. The fourth-order valence-electron chi connectivity index (χ4n) is 6.44. The van der Waals surface area contributed by atoms with Gasteiger partial charge in [0, 0.05) is 24.0 Å². The summed E-state index contributed by atoms with van der Waals surface area (Å²) >= 11 is 0. The first kappa shape index (κ1) is 36.3. The maximum Gasteiger partial charge on any atom is 0.168 e. The van der Waals surface area contributed by atoms with Crippen molar-refractivity contribution in [2.75, 3.05) is 0 Å². The highest BCUT2D eigenvalue weighted by molar-refractivity contribution is 6.08. The number of hydrogen-bond acceptors (Lipinski definition) is 0. The van der Waals surface area contributed by atoms with E-state index in [1.807, 2.05) is 0 Å². The van der Waals surface area contributed by atoms with Crippen LogP contribution < -0.4 is 4.57 Å². The fourth-order valence-corrected chi connectivity index (χ4v) is 6.44. The second-order valence-electron chi connectivity index (χ2n) is 12.3. The second kappa shape index (κ2) is 23.2. The molecule has 0 aliphatic carbocycles. The average molecular weight is 604 g/mol. The molecule has 0 saturated heterocycles. The molecule has 0 spiro atoms. The Balaban J connectivity index is 0.000000246. The number of aryl methyl sites for hydroxylation is 1. The van der Waals surface area contributed by atoms with Crippen LogP contribution in [0.25, 0.3) is 0 Å². The first-order valence-corrected chi connectivity index (χ1v) is 17.7. The van der Waals surface area contributed by atoms with Crippen LogP contribution in [-0.4, -0.2) is 7.85 Å². The van der Waals surface area contributed by atoms with E-state index < -0.39 is 0 Å². The van der Waals surface area contributed by atoms with Crippen molar-refractivity contribution in [2.45, 2.75) is 128 Å². The van der Waals surface area contributed by atoms with Gasteiger partial charge in [-0.2, -0.15) is 6.32 Å². The molecule has 0 bridgehead atoms. The zero-order chi connectivity index (χ0) is 31.7. The van der Waals surface area contributed by atoms with E-state index in [0.29, 0.717) is 7.85 Å². The van der Waals surface area contributed by atoms with Crippen molar-refractivity contribution in [2.24, 2.45) is 0 Å². The molecule has 45 heavy (non-hydrogen) atoms. The lowest BCUT2D eigenvalue weighted by Crippen LogP contribution is -2.32. The van der Waals surface area contributed by atoms with Crippen LogP contribution >= 0.6 is 0 Å². The van der Waals surface area contributed by atoms with E-state index in [0.717, 1.165) is 0 Å². The summed E-state index contributed by atoms with van der Waals surface area (Å²) in [4.78, 5) is 0. The summed E-state index contributed by atoms with van der Waals surface area (Å²) in [6.45, 7) is 3.47. The van der Waals surface area contributed by atoms with E-state index in [9.17, 15) is 0 Å². The van der Waals surface area contributed by atoms with E-state index >= 15 is 0 Å². The van der Waals surface area contributed by atoms with Crippen LogP contribution in [0.2, 0.25) is 6.32 Å². The van der Waals surface area contributed by atoms with Gasteiger partial charge in [0.05, 0.1) is 0 Å². The number of hydrogen-bond donors (Lipinski definition) is 0. The molecule has 1 aromatic heterocycles. The lowest BCUT2D eigenvalue weighted by Gasteiger charge is -2.36. The minimum Gasteiger partial charge on any atom is -0.205 e. The van der Waals surface area contributed by atoms with Gasteiger partial charge in [-0.15, -0.1) is 0 Å². The highest BCUT2D eigenvalue weighted by Crippen LogP contribution is 2.43. The molecule has 4 aromatic rings. The van der Waals surface area contributed by atoms with Crippen LogP contribution in [0, 0.1) is 0 Å². The topological polar surface area (TPSA) is 3.88 Å². The maximum atomic E-state index is 2.29. The molecule has 0 N–H and O–H groups in total. The molecule has 2 heteroatoms. The number of benzene rings is 3. The molecule has 3 aromatic carbocycles. The Hall–Kier alpha value is -3.13. The number of aromatic nitrogens is 1. The minimum atomic E-state index is -0.0297. The Morgan fingerprint density at radius 1 is 0.444 bits per heavy atom. The molecule has 242 valence electrons. The molecule has 4 rings (SSSR count). The van der Waals surface area contributed by atoms with E-state index in [1.165, 1.54) is 132 Å². The number of pyridine rings is 1. The Bertz CT molecular complexity index is 1110. The molecule has 0 amide bonds. The van der Waals surface area contributed by atoms with Gasteiger partial charge < -0.3 is 0 Å². The van der Waals surface area contributed by atoms with Crippen molar-refractivity contribution in [3.63, 3.8) is 0 Å². The van der Waals surface area contributed by atoms with Gasteiger partial charge in [0.15, 0.2) is 12.4 Å². The molecular formula is C43H62BN. The van der Waals surface area contributed by atoms with Gasteiger partial charge in [-0.05, 0) is 37.4 Å². The van der Waals surface area contributed by atoms with E-state index in [-0.39, 0.29) is 5.41 Å². The molecule has 1 nitrogen and oxygen atoms in total. The van der Waals surface area contributed by atoms with Crippen LogP contribution in [-0.2, 0) is 12.0 Å². The first-order valence-electron chi connectivity index (χ1n) is 17.7. The largest absolute Gasteiger partial charge is 0.205 e. The van der Waals surface area contributed by atoms with Crippen LogP contribution in [0.4, 0.5) is 0 Å². The molecule has 0 saturated carbocycles. The van der Waals surface area contributed by atoms with Crippen molar-refractivity contribution in [1.29, 1.82) is 0 Å². The van der Waals surface area contributed by atoms with Crippen molar-refractivity contribution in [1.82, 2.24) is 0 Å². The van der Waals surface area contributed by atoms with Crippen LogP contribution in [0.3, 0.4) is 0 Å². The molecule has 0 unspecified atom stereocenters. The zero-order valence-electron chi connectivity index (χ0n) is 27.7. The van der Waals surface area contributed by atoms with Gasteiger partial charge in [0.1, 0.15) is 6.54 Å². The number of unbranched alkanes of at least 4 members (excludes halogenated alkanes) is 13. The third-order valence-electron chi connectivity index (χ3n) is 8.90. The standard InChI is InChI=1S/C22H24B.C21H38N/c23-18-10-17-22(19-11-4-1-5-12-19,20-13-6-2-7-14-20)21-15-8-3-9-16-21;1-2-3-4-5-6-7-8-9-10-11-12-13-14-16-19-22-20-17-15-18-21-22/h1-9,11-16H,10,17-18H2,23H3;15,17-18,20-21H,2-14,16,19H2,1H3/q-1;+1. The summed E-state index contributed by atoms with van der Waals surface area (Å²) in [5, 5.41) is 0. The Morgan fingerprint density at radius 2 is 0.800 bits per heavy atom. The highest BCUT2D eigenvalue weighted by Gasteiger charge is 2.35. The number of nitrogens with zero attached hydrogens (tertiary/aromatic N) is 1. The quantitative estimate of drug-likeness (QED) is 0.0386. The van der Waals surface area contributed by atoms with Crippen molar-refractivity contribution in [3.05, 3.63) is 138 Å². The predicted molar refractivity (Wildman–Crippen MR) is 200 cm³/mol. The monoisotopic (exact) mass is 603 g/mol. The van der Waals surface area contributed by atoms with Crippen LogP contribution in [0.15, 0.2) is 122 Å². The zero-order valence-corrected chi connectivity index (χ0v) is 27.7. The summed E-state index contributed by atoms with van der Waals surface area (Å²) in [5.41, 5.74) is 4.19. The summed E-state index contributed by atoms with van der Waals surface area (Å²) in [6, 6.07) is 39.4. The molecule has 0 atom stereocenters. The first-order chi connectivity index (χ1) is 22.3. The Kier molecular flexibility index (Phi) is 18.8. The van der Waals surface area contributed by atoms with Crippen molar-refractivity contribution < 1.29 is 4.57 Å². The smallest absolute Gasteiger partial charge is 0.168 e. The second-order valence-corrected chi connectivity index (χ2v) is 12.3. The van der Waals surface area contributed by atoms with Crippen molar-refractivity contribution in [3.8, 4) is 0 Å². The van der Waals surface area contributed by atoms with Gasteiger partial charge in [0.2, 0.25) is 0 Å². The molecule has 0 aliphatic rings. The third-order valence-corrected chi connectivity index (χ3v) is 8.90. The summed E-state index contributed by atoms with van der Waals surface area (Å²) in [6.07, 6.45) is 28.4. The summed E-state index contributed by atoms with van der Waals surface area (Å²) in [5.74, 6) is 0. The Labute approximate surface area is 277 Å². The predicted octanol–water partition coefficient (Wildman–Crippen LogP) is 11.0. The molecule has 0 fully saturated rings. The van der Waals surface area contributed by atoms with Crippen molar-refractivity contribution >= 4 is 7.85 Å². The van der Waals surface area contributed by atoms with E-state index in [2.05, 4.69) is 133 Å². The van der Waals surface area contributed by atoms with Crippen LogP contribution in [0.5, 0.6) is 0 Å². The lowest BCUT2D eigenvalue weighted by atomic mass is 9.66. The normalized spacial score (nSPS) is 11.2. The Morgan fingerprint density at radius 3 is 1.18 bits per heavy atom. The average Bonchev–Trinajstić information content (AvgIpc) is 3.11. The molecule has 0 radical (unpaired) electrons. The van der Waals surface area contributed by atoms with Gasteiger partial charge in [-0.25, -0.2) is 4.57 Å². The van der Waals surface area contributed by atoms with Gasteiger partial charge in [-0.3, -0.25) is 0 Å². The lowest BCUT2D eigenvalue weighted by molar-refractivity contribution is -0.697. The minimum absolute atomic E-state index is 0.0297. The maximum absolute atomic E-state index is 2.29. The SMILES string of the molecule is CCCCCCCCCCCCCCCC[n+]1ccccc1.[BH3-]CCCC(c1ccccc1)(c1ccccc1)c1ccccc1. The number of rotatable bonds is 21. The molecule has 0 aliphatic heterocycles. The van der Waals surface area contributed by atoms with Gasteiger partial charge in [-0.1, -0.05) is 187 Å². The summed E-state index contributed by atoms with van der Waals surface area (Å²) in [7, 11) is 0.469. The molecular weight excluding hydrogens is 541 g/mol. The van der Waals surface area contributed by atoms with Gasteiger partial charge in [0.25, 0.3) is 0 Å². The molecule has 1 heterocycles. The van der Waals surface area contributed by atoms with E-state index in [1.54, 1.807) is 0 Å². The van der Waals surface area contributed by atoms with E-state index in [4.69, 9.17) is 0 Å².